The Hall–Kier alpha value is -1.07. The predicted molar refractivity (Wildman–Crippen MR) is 83.2 cm³/mol. The zero-order valence-electron chi connectivity index (χ0n) is 12.4. The van der Waals surface area contributed by atoms with E-state index in [1.807, 2.05) is 0 Å². The molecule has 21 heavy (non-hydrogen) atoms. The zero-order valence-corrected chi connectivity index (χ0v) is 14.0. The smallest absolute Gasteiger partial charge is 0.261 e. The summed E-state index contributed by atoms with van der Waals surface area (Å²) in [7, 11) is 1.54. The van der Waals surface area contributed by atoms with Gasteiger partial charge in [-0.15, -0.1) is 0 Å². The van der Waals surface area contributed by atoms with Crippen molar-refractivity contribution in [1.82, 2.24) is 5.32 Å². The third-order valence-electron chi connectivity index (χ3n) is 4.18. The van der Waals surface area contributed by atoms with Crippen molar-refractivity contribution in [2.24, 2.45) is 11.8 Å². The van der Waals surface area contributed by atoms with Crippen LogP contribution in [0.25, 0.3) is 0 Å². The maximum absolute atomic E-state index is 12.3. The number of halogens is 1. The maximum Gasteiger partial charge on any atom is 0.261 e. The van der Waals surface area contributed by atoms with Gasteiger partial charge in [-0.3, -0.25) is 4.79 Å². The summed E-state index contributed by atoms with van der Waals surface area (Å²) in [4.78, 5) is 12.3. The van der Waals surface area contributed by atoms with Crippen LogP contribution in [0.1, 0.15) is 41.3 Å². The van der Waals surface area contributed by atoms with E-state index in [0.29, 0.717) is 23.9 Å². The molecule has 1 aliphatic rings. The molecule has 0 aromatic heterocycles. The van der Waals surface area contributed by atoms with Crippen molar-refractivity contribution in [3.8, 4) is 0 Å². The van der Waals surface area contributed by atoms with E-state index in [0.717, 1.165) is 11.1 Å². The molecule has 1 unspecified atom stereocenters. The SMILES string of the molecule is Cc1cc(S(=O)(=O)Cl)cc(C(=O)NCC(C)C2CC2)c1C. The van der Waals surface area contributed by atoms with Gasteiger partial charge in [0, 0.05) is 22.8 Å². The van der Waals surface area contributed by atoms with Crippen molar-refractivity contribution in [2.75, 3.05) is 6.54 Å². The third-order valence-corrected chi connectivity index (χ3v) is 5.51. The molecule has 1 atom stereocenters. The number of amides is 1. The molecule has 2 rings (SSSR count). The van der Waals surface area contributed by atoms with E-state index in [-0.39, 0.29) is 10.8 Å². The first-order valence-corrected chi connectivity index (χ1v) is 9.35. The van der Waals surface area contributed by atoms with Gasteiger partial charge in [0.25, 0.3) is 15.0 Å². The quantitative estimate of drug-likeness (QED) is 0.845. The van der Waals surface area contributed by atoms with Gasteiger partial charge in [0.1, 0.15) is 0 Å². The summed E-state index contributed by atoms with van der Waals surface area (Å²) in [5.74, 6) is 0.920. The van der Waals surface area contributed by atoms with Crippen molar-refractivity contribution in [3.05, 3.63) is 28.8 Å². The third kappa shape index (κ3) is 3.98. The number of carbonyl (C=O) groups excluding carboxylic acids is 1. The fourth-order valence-corrected chi connectivity index (χ4v) is 3.23. The molecule has 0 saturated heterocycles. The molecular formula is C15H20ClNO3S. The van der Waals surface area contributed by atoms with Gasteiger partial charge in [-0.05, 0) is 61.8 Å². The Bertz CT molecular complexity index is 666. The van der Waals surface area contributed by atoms with Crippen molar-refractivity contribution in [3.63, 3.8) is 0 Å². The summed E-state index contributed by atoms with van der Waals surface area (Å²) in [5, 5.41) is 2.89. The lowest BCUT2D eigenvalue weighted by atomic mass is 10.0. The van der Waals surface area contributed by atoms with Gasteiger partial charge in [-0.2, -0.15) is 0 Å². The summed E-state index contributed by atoms with van der Waals surface area (Å²) in [6, 6.07) is 2.84. The van der Waals surface area contributed by atoms with Gasteiger partial charge >= 0.3 is 0 Å². The van der Waals surface area contributed by atoms with Crippen LogP contribution < -0.4 is 5.32 Å². The second kappa shape index (κ2) is 5.97. The Balaban J connectivity index is 2.21. The molecule has 0 heterocycles. The minimum atomic E-state index is -3.84. The number of carbonyl (C=O) groups is 1. The summed E-state index contributed by atoms with van der Waals surface area (Å²) in [6.07, 6.45) is 2.46. The van der Waals surface area contributed by atoms with E-state index < -0.39 is 9.05 Å². The number of aryl methyl sites for hydroxylation is 1. The highest BCUT2D eigenvalue weighted by atomic mass is 35.7. The van der Waals surface area contributed by atoms with Gasteiger partial charge in [0.15, 0.2) is 0 Å². The number of benzene rings is 1. The molecule has 0 bridgehead atoms. The first-order chi connectivity index (χ1) is 9.70. The van der Waals surface area contributed by atoms with E-state index >= 15 is 0 Å². The largest absolute Gasteiger partial charge is 0.352 e. The van der Waals surface area contributed by atoms with E-state index in [9.17, 15) is 13.2 Å². The lowest BCUT2D eigenvalue weighted by Crippen LogP contribution is -2.29. The summed E-state index contributed by atoms with van der Waals surface area (Å²) < 4.78 is 22.9. The first-order valence-electron chi connectivity index (χ1n) is 7.04. The minimum absolute atomic E-state index is 0.0346. The lowest BCUT2D eigenvalue weighted by Gasteiger charge is -2.14. The Kier molecular flexibility index (Phi) is 4.63. The van der Waals surface area contributed by atoms with Crippen LogP contribution in [0.5, 0.6) is 0 Å². The van der Waals surface area contributed by atoms with E-state index in [1.54, 1.807) is 13.8 Å². The van der Waals surface area contributed by atoms with Gasteiger partial charge in [-0.25, -0.2) is 8.42 Å². The monoisotopic (exact) mass is 329 g/mol. The molecule has 1 N–H and O–H groups in total. The van der Waals surface area contributed by atoms with E-state index in [1.165, 1.54) is 25.0 Å². The van der Waals surface area contributed by atoms with Gasteiger partial charge in [0.05, 0.1) is 4.90 Å². The molecule has 1 amide bonds. The molecule has 1 aromatic carbocycles. The molecular weight excluding hydrogens is 310 g/mol. The van der Waals surface area contributed by atoms with Crippen LogP contribution >= 0.6 is 10.7 Å². The molecule has 6 heteroatoms. The second-order valence-corrected chi connectivity index (χ2v) is 8.44. The van der Waals surface area contributed by atoms with Crippen LogP contribution in [-0.4, -0.2) is 20.9 Å². The Morgan fingerprint density at radius 1 is 1.38 bits per heavy atom. The number of rotatable bonds is 5. The van der Waals surface area contributed by atoms with Crippen LogP contribution in [0.2, 0.25) is 0 Å². The van der Waals surface area contributed by atoms with Crippen LogP contribution in [-0.2, 0) is 9.05 Å². The van der Waals surface area contributed by atoms with Crippen LogP contribution in [0, 0.1) is 25.7 Å². The minimum Gasteiger partial charge on any atom is -0.352 e. The average Bonchev–Trinajstić information content (AvgIpc) is 3.21. The number of hydrogen-bond donors (Lipinski definition) is 1. The van der Waals surface area contributed by atoms with Gasteiger partial charge < -0.3 is 5.32 Å². The molecule has 116 valence electrons. The highest BCUT2D eigenvalue weighted by molar-refractivity contribution is 8.13. The number of hydrogen-bond acceptors (Lipinski definition) is 3. The van der Waals surface area contributed by atoms with Crippen molar-refractivity contribution < 1.29 is 13.2 Å². The molecule has 1 aliphatic carbocycles. The standard InChI is InChI=1S/C15H20ClNO3S/c1-9-6-13(21(16,19)20)7-14(11(9)3)15(18)17-8-10(2)12-4-5-12/h6-7,10,12H,4-5,8H2,1-3H3,(H,17,18). The first kappa shape index (κ1) is 16.3. The fraction of sp³-hybridized carbons (Fsp3) is 0.533. The zero-order chi connectivity index (χ0) is 15.8. The van der Waals surface area contributed by atoms with Crippen LogP contribution in [0.15, 0.2) is 17.0 Å². The normalized spacial score (nSPS) is 16.6. The van der Waals surface area contributed by atoms with Crippen molar-refractivity contribution >= 4 is 25.6 Å². The highest BCUT2D eigenvalue weighted by Gasteiger charge is 2.28. The van der Waals surface area contributed by atoms with Gasteiger partial charge in [-0.1, -0.05) is 6.92 Å². The maximum atomic E-state index is 12.3. The molecule has 1 fully saturated rings. The lowest BCUT2D eigenvalue weighted by molar-refractivity contribution is 0.0945. The fourth-order valence-electron chi connectivity index (χ4n) is 2.38. The molecule has 0 spiro atoms. The highest BCUT2D eigenvalue weighted by Crippen LogP contribution is 2.36. The molecule has 0 radical (unpaired) electrons. The predicted octanol–water partition coefficient (Wildman–Crippen LogP) is 3.01. The summed E-state index contributed by atoms with van der Waals surface area (Å²) in [5.41, 5.74) is 1.88. The Morgan fingerprint density at radius 2 is 2.00 bits per heavy atom. The molecule has 1 saturated carbocycles. The van der Waals surface area contributed by atoms with E-state index in [2.05, 4.69) is 12.2 Å². The van der Waals surface area contributed by atoms with Crippen LogP contribution in [0.3, 0.4) is 0 Å². The Labute approximate surface area is 130 Å². The summed E-state index contributed by atoms with van der Waals surface area (Å²) in [6.45, 7) is 6.30. The molecule has 1 aromatic rings. The topological polar surface area (TPSA) is 63.2 Å². The average molecular weight is 330 g/mol. The molecule has 0 aliphatic heterocycles. The van der Waals surface area contributed by atoms with Crippen molar-refractivity contribution in [2.45, 2.75) is 38.5 Å². The van der Waals surface area contributed by atoms with E-state index in [4.69, 9.17) is 10.7 Å². The van der Waals surface area contributed by atoms with Gasteiger partial charge in [0.2, 0.25) is 0 Å². The molecule has 4 nitrogen and oxygen atoms in total. The second-order valence-electron chi connectivity index (χ2n) is 5.88. The van der Waals surface area contributed by atoms with Crippen molar-refractivity contribution in [1.29, 1.82) is 0 Å². The number of nitrogens with one attached hydrogen (secondary N) is 1. The Morgan fingerprint density at radius 3 is 2.52 bits per heavy atom. The summed E-state index contributed by atoms with van der Waals surface area (Å²) >= 11 is 0. The van der Waals surface area contributed by atoms with Crippen LogP contribution in [0.4, 0.5) is 0 Å².